The summed E-state index contributed by atoms with van der Waals surface area (Å²) in [6.45, 7) is 1.90. The Hall–Kier alpha value is -0.860. The smallest absolute Gasteiger partial charge is 0.162 e. The van der Waals surface area contributed by atoms with E-state index in [9.17, 15) is 4.79 Å². The lowest BCUT2D eigenvalue weighted by Crippen LogP contribution is -2.16. The summed E-state index contributed by atoms with van der Waals surface area (Å²) in [6.07, 6.45) is 1.22. The molecular weight excluding hydrogens is 198 g/mol. The van der Waals surface area contributed by atoms with E-state index in [1.165, 1.54) is 0 Å². The maximum atomic E-state index is 11.6. The van der Waals surface area contributed by atoms with Crippen LogP contribution < -0.4 is 5.73 Å². The normalized spacial score (nSPS) is 12.5. The van der Waals surface area contributed by atoms with E-state index in [0.29, 0.717) is 17.0 Å². The molecule has 0 aliphatic carbocycles. The van der Waals surface area contributed by atoms with Crippen LogP contribution in [0.15, 0.2) is 24.3 Å². The molecule has 0 radical (unpaired) electrons. The molecule has 2 N–H and O–H groups in total. The molecule has 0 saturated carbocycles. The minimum Gasteiger partial charge on any atom is -0.328 e. The van der Waals surface area contributed by atoms with Gasteiger partial charge in [0.05, 0.1) is 0 Å². The molecule has 0 aromatic heterocycles. The Morgan fingerprint density at radius 3 is 2.50 bits per heavy atom. The molecule has 0 unspecified atom stereocenters. The monoisotopic (exact) mass is 211 g/mol. The highest BCUT2D eigenvalue weighted by Gasteiger charge is 2.06. The topological polar surface area (TPSA) is 43.1 Å². The third kappa shape index (κ3) is 3.48. The van der Waals surface area contributed by atoms with Crippen LogP contribution in [0.1, 0.15) is 30.1 Å². The number of carbonyl (C=O) groups is 1. The standard InChI is InChI=1S/C11H14ClNO/c1-8(13)2-7-11(14)9-3-5-10(12)6-4-9/h3-6,8H,2,7,13H2,1H3/t8-/m0/s1. The average Bonchev–Trinajstić information content (AvgIpc) is 2.15. The van der Waals surface area contributed by atoms with Crippen molar-refractivity contribution >= 4 is 17.4 Å². The maximum absolute atomic E-state index is 11.6. The number of hydrogen-bond donors (Lipinski definition) is 1. The van der Waals surface area contributed by atoms with Crippen LogP contribution in [0.5, 0.6) is 0 Å². The lowest BCUT2D eigenvalue weighted by molar-refractivity contribution is 0.0978. The maximum Gasteiger partial charge on any atom is 0.162 e. The van der Waals surface area contributed by atoms with Gasteiger partial charge in [-0.25, -0.2) is 0 Å². The second-order valence-corrected chi connectivity index (χ2v) is 3.88. The lowest BCUT2D eigenvalue weighted by atomic mass is 10.0. The van der Waals surface area contributed by atoms with Crippen molar-refractivity contribution in [3.05, 3.63) is 34.9 Å². The molecule has 1 rings (SSSR count). The van der Waals surface area contributed by atoms with E-state index in [4.69, 9.17) is 17.3 Å². The van der Waals surface area contributed by atoms with Crippen LogP contribution in [-0.2, 0) is 0 Å². The van der Waals surface area contributed by atoms with Crippen LogP contribution in [0.25, 0.3) is 0 Å². The Morgan fingerprint density at radius 1 is 1.43 bits per heavy atom. The van der Waals surface area contributed by atoms with Gasteiger partial charge in [0, 0.05) is 23.0 Å². The van der Waals surface area contributed by atoms with Crippen molar-refractivity contribution in [2.24, 2.45) is 5.73 Å². The van der Waals surface area contributed by atoms with E-state index < -0.39 is 0 Å². The molecule has 1 aromatic carbocycles. The highest BCUT2D eigenvalue weighted by Crippen LogP contribution is 2.12. The Bertz CT molecular complexity index is 306. The van der Waals surface area contributed by atoms with Crippen molar-refractivity contribution in [3.8, 4) is 0 Å². The van der Waals surface area contributed by atoms with Gasteiger partial charge in [-0.1, -0.05) is 11.6 Å². The van der Waals surface area contributed by atoms with Crippen LogP contribution in [0.3, 0.4) is 0 Å². The zero-order chi connectivity index (χ0) is 10.6. The average molecular weight is 212 g/mol. The molecule has 3 heteroatoms. The molecule has 0 aliphatic heterocycles. The predicted octanol–water partition coefficient (Wildman–Crippen LogP) is 2.65. The molecule has 2 nitrogen and oxygen atoms in total. The quantitative estimate of drug-likeness (QED) is 0.779. The molecule has 14 heavy (non-hydrogen) atoms. The molecule has 0 bridgehead atoms. The van der Waals surface area contributed by atoms with Crippen LogP contribution in [0.2, 0.25) is 5.02 Å². The van der Waals surface area contributed by atoms with E-state index >= 15 is 0 Å². The predicted molar refractivity (Wildman–Crippen MR) is 58.7 cm³/mol. The molecule has 0 aliphatic rings. The summed E-state index contributed by atoms with van der Waals surface area (Å²) in [7, 11) is 0. The number of halogens is 1. The molecule has 0 heterocycles. The summed E-state index contributed by atoms with van der Waals surface area (Å²) in [6, 6.07) is 7.00. The molecule has 1 atom stereocenters. The fourth-order valence-electron chi connectivity index (χ4n) is 1.14. The summed E-state index contributed by atoms with van der Waals surface area (Å²) in [5.74, 6) is 0.124. The second kappa shape index (κ2) is 5.13. The number of carbonyl (C=O) groups excluding carboxylic acids is 1. The summed E-state index contributed by atoms with van der Waals surface area (Å²) in [5, 5.41) is 0.647. The van der Waals surface area contributed by atoms with Crippen molar-refractivity contribution in [2.45, 2.75) is 25.8 Å². The van der Waals surface area contributed by atoms with Gasteiger partial charge in [-0.2, -0.15) is 0 Å². The molecular formula is C11H14ClNO. The first-order valence-corrected chi connectivity index (χ1v) is 5.01. The van der Waals surface area contributed by atoms with E-state index in [1.54, 1.807) is 24.3 Å². The van der Waals surface area contributed by atoms with Crippen molar-refractivity contribution in [3.63, 3.8) is 0 Å². The zero-order valence-electron chi connectivity index (χ0n) is 8.16. The summed E-state index contributed by atoms with van der Waals surface area (Å²) < 4.78 is 0. The molecule has 0 saturated heterocycles. The van der Waals surface area contributed by atoms with Crippen molar-refractivity contribution in [2.75, 3.05) is 0 Å². The number of hydrogen-bond acceptors (Lipinski definition) is 2. The van der Waals surface area contributed by atoms with Gasteiger partial charge in [-0.3, -0.25) is 4.79 Å². The van der Waals surface area contributed by atoms with Crippen LogP contribution in [0, 0.1) is 0 Å². The zero-order valence-corrected chi connectivity index (χ0v) is 8.92. The number of ketones is 1. The first-order valence-electron chi connectivity index (χ1n) is 4.64. The van der Waals surface area contributed by atoms with Gasteiger partial charge in [0.15, 0.2) is 5.78 Å². The first kappa shape index (κ1) is 11.2. The minimum atomic E-state index is 0.0752. The van der Waals surface area contributed by atoms with Crippen molar-refractivity contribution in [1.82, 2.24) is 0 Å². The Kier molecular flexibility index (Phi) is 4.11. The third-order valence-corrected chi connectivity index (χ3v) is 2.24. The summed E-state index contributed by atoms with van der Waals surface area (Å²) in [5.41, 5.74) is 6.27. The number of nitrogens with two attached hydrogens (primary N) is 1. The van der Waals surface area contributed by atoms with Crippen LogP contribution in [-0.4, -0.2) is 11.8 Å². The first-order chi connectivity index (χ1) is 6.59. The van der Waals surface area contributed by atoms with E-state index in [1.807, 2.05) is 6.92 Å². The number of benzene rings is 1. The fourth-order valence-corrected chi connectivity index (χ4v) is 1.26. The second-order valence-electron chi connectivity index (χ2n) is 3.45. The summed E-state index contributed by atoms with van der Waals surface area (Å²) in [4.78, 5) is 11.6. The Labute approximate surface area is 89.1 Å². The molecule has 76 valence electrons. The van der Waals surface area contributed by atoms with Crippen LogP contribution in [0.4, 0.5) is 0 Å². The van der Waals surface area contributed by atoms with Gasteiger partial charge in [0.2, 0.25) is 0 Å². The van der Waals surface area contributed by atoms with Gasteiger partial charge in [0.25, 0.3) is 0 Å². The van der Waals surface area contributed by atoms with E-state index in [2.05, 4.69) is 0 Å². The number of Topliss-reactive ketones (excluding diaryl/α,β-unsaturated/α-hetero) is 1. The van der Waals surface area contributed by atoms with E-state index in [0.717, 1.165) is 6.42 Å². The fraction of sp³-hybridized carbons (Fsp3) is 0.364. The largest absolute Gasteiger partial charge is 0.328 e. The van der Waals surface area contributed by atoms with Gasteiger partial charge in [-0.15, -0.1) is 0 Å². The minimum absolute atomic E-state index is 0.0752. The Balaban J connectivity index is 2.57. The third-order valence-electron chi connectivity index (χ3n) is 1.99. The lowest BCUT2D eigenvalue weighted by Gasteiger charge is -2.03. The highest BCUT2D eigenvalue weighted by atomic mass is 35.5. The number of rotatable bonds is 4. The van der Waals surface area contributed by atoms with Gasteiger partial charge in [-0.05, 0) is 37.6 Å². The SMILES string of the molecule is C[C@H](N)CCC(=O)c1ccc(Cl)cc1. The Morgan fingerprint density at radius 2 is 2.00 bits per heavy atom. The van der Waals surface area contributed by atoms with Gasteiger partial charge < -0.3 is 5.73 Å². The molecule has 0 amide bonds. The van der Waals surface area contributed by atoms with Crippen LogP contribution >= 0.6 is 11.6 Å². The molecule has 0 spiro atoms. The highest BCUT2D eigenvalue weighted by molar-refractivity contribution is 6.30. The van der Waals surface area contributed by atoms with Gasteiger partial charge in [0.1, 0.15) is 0 Å². The summed E-state index contributed by atoms with van der Waals surface area (Å²) >= 11 is 5.71. The molecule has 1 aromatic rings. The van der Waals surface area contributed by atoms with Crippen molar-refractivity contribution in [1.29, 1.82) is 0 Å². The van der Waals surface area contributed by atoms with Gasteiger partial charge >= 0.3 is 0 Å². The van der Waals surface area contributed by atoms with Crippen molar-refractivity contribution < 1.29 is 4.79 Å². The molecule has 0 fully saturated rings. The van der Waals surface area contributed by atoms with E-state index in [-0.39, 0.29) is 11.8 Å².